The Morgan fingerprint density at radius 2 is 1.66 bits per heavy atom. The Morgan fingerprint density at radius 1 is 1.00 bits per heavy atom. The monoisotopic (exact) mass is 425 g/mol. The first-order valence-corrected chi connectivity index (χ1v) is 10.1. The number of benzene rings is 2. The van der Waals surface area contributed by atoms with Crippen LogP contribution in [-0.4, -0.2) is 42.6 Å². The van der Waals surface area contributed by atoms with Crippen molar-refractivity contribution in [1.82, 2.24) is 4.90 Å². The average Bonchev–Trinajstić information content (AvgIpc) is 2.67. The number of alkyl halides is 3. The Hall–Kier alpha value is -2.52. The van der Waals surface area contributed by atoms with E-state index in [4.69, 9.17) is 0 Å². The molecule has 0 heterocycles. The number of thioether (sulfide) groups is 1. The van der Waals surface area contributed by atoms with Crippen LogP contribution >= 0.6 is 11.8 Å². The number of nitrogens with one attached hydrogen (secondary N) is 2. The minimum absolute atomic E-state index is 0.0612. The van der Waals surface area contributed by atoms with Crippen molar-refractivity contribution in [1.29, 1.82) is 0 Å². The van der Waals surface area contributed by atoms with Crippen LogP contribution in [-0.2, 0) is 15.8 Å². The number of carbonyl (C=O) groups is 2. The highest BCUT2D eigenvalue weighted by Crippen LogP contribution is 2.34. The largest absolute Gasteiger partial charge is 0.418 e. The molecule has 5 nitrogen and oxygen atoms in total. The van der Waals surface area contributed by atoms with Crippen LogP contribution in [0, 0.1) is 0 Å². The van der Waals surface area contributed by atoms with Crippen molar-refractivity contribution in [2.75, 3.05) is 36.5 Å². The van der Waals surface area contributed by atoms with Gasteiger partial charge >= 0.3 is 6.18 Å². The molecule has 0 aliphatic rings. The van der Waals surface area contributed by atoms with Crippen LogP contribution in [0.2, 0.25) is 0 Å². The molecule has 0 saturated heterocycles. The zero-order chi connectivity index (χ0) is 21.4. The van der Waals surface area contributed by atoms with Crippen molar-refractivity contribution in [2.24, 2.45) is 0 Å². The van der Waals surface area contributed by atoms with E-state index in [2.05, 4.69) is 10.6 Å². The summed E-state index contributed by atoms with van der Waals surface area (Å²) in [6.45, 7) is 1.88. The molecule has 0 saturated carbocycles. The molecule has 2 rings (SSSR count). The molecule has 0 radical (unpaired) electrons. The van der Waals surface area contributed by atoms with E-state index in [1.54, 1.807) is 29.7 Å². The topological polar surface area (TPSA) is 61.4 Å². The van der Waals surface area contributed by atoms with Crippen molar-refractivity contribution in [3.8, 4) is 0 Å². The Kier molecular flexibility index (Phi) is 8.10. The van der Waals surface area contributed by atoms with Crippen LogP contribution in [0.4, 0.5) is 24.5 Å². The van der Waals surface area contributed by atoms with Gasteiger partial charge in [-0.15, -0.1) is 11.8 Å². The van der Waals surface area contributed by atoms with Gasteiger partial charge in [0, 0.05) is 10.6 Å². The molecule has 2 N–H and O–H groups in total. The standard InChI is InChI=1S/C20H22F3N3O2S/c1-3-26(12-18(27)24-14-7-6-8-15(11-14)29-2)13-19(28)25-17-10-5-4-9-16(17)20(21,22)23/h4-11H,3,12-13H2,1-2H3,(H,24,27)(H,25,28). The molecule has 9 heteroatoms. The molecule has 0 unspecified atom stereocenters. The van der Waals surface area contributed by atoms with Crippen molar-refractivity contribution in [3.05, 3.63) is 54.1 Å². The first kappa shape index (κ1) is 22.8. The lowest BCUT2D eigenvalue weighted by Gasteiger charge is -2.20. The molecule has 0 aliphatic heterocycles. The third kappa shape index (κ3) is 7.10. The maximum absolute atomic E-state index is 13.0. The van der Waals surface area contributed by atoms with Crippen molar-refractivity contribution in [2.45, 2.75) is 18.0 Å². The van der Waals surface area contributed by atoms with E-state index in [0.29, 0.717) is 12.2 Å². The Labute approximate surface area is 171 Å². The lowest BCUT2D eigenvalue weighted by molar-refractivity contribution is -0.137. The summed E-state index contributed by atoms with van der Waals surface area (Å²) >= 11 is 1.55. The van der Waals surface area contributed by atoms with Crippen LogP contribution in [0.5, 0.6) is 0 Å². The summed E-state index contributed by atoms with van der Waals surface area (Å²) < 4.78 is 39.1. The molecular formula is C20H22F3N3O2S. The molecule has 2 aromatic carbocycles. The summed E-state index contributed by atoms with van der Waals surface area (Å²) in [6, 6.07) is 12.1. The molecule has 2 amide bonds. The minimum atomic E-state index is -4.57. The van der Waals surface area contributed by atoms with Crippen LogP contribution in [0.15, 0.2) is 53.4 Å². The lowest BCUT2D eigenvalue weighted by Crippen LogP contribution is -2.38. The molecule has 0 atom stereocenters. The second-order valence-electron chi connectivity index (χ2n) is 6.17. The molecular weight excluding hydrogens is 403 g/mol. The quantitative estimate of drug-likeness (QED) is 0.618. The van der Waals surface area contributed by atoms with Gasteiger partial charge in [0.2, 0.25) is 11.8 Å². The van der Waals surface area contributed by atoms with E-state index < -0.39 is 17.6 Å². The van der Waals surface area contributed by atoms with Crippen LogP contribution < -0.4 is 10.6 Å². The van der Waals surface area contributed by atoms with Gasteiger partial charge in [0.15, 0.2) is 0 Å². The first-order valence-electron chi connectivity index (χ1n) is 8.85. The number of nitrogens with zero attached hydrogens (tertiary/aromatic N) is 1. The molecule has 0 aromatic heterocycles. The molecule has 0 bridgehead atoms. The van der Waals surface area contributed by atoms with Crippen LogP contribution in [0.1, 0.15) is 12.5 Å². The van der Waals surface area contributed by atoms with Gasteiger partial charge in [0.25, 0.3) is 0 Å². The zero-order valence-electron chi connectivity index (χ0n) is 16.0. The van der Waals surface area contributed by atoms with Crippen molar-refractivity contribution < 1.29 is 22.8 Å². The molecule has 156 valence electrons. The molecule has 0 aliphatic carbocycles. The van der Waals surface area contributed by atoms with E-state index in [-0.39, 0.29) is 24.7 Å². The van der Waals surface area contributed by atoms with E-state index in [1.165, 1.54) is 18.2 Å². The summed E-state index contributed by atoms with van der Waals surface area (Å²) in [5.41, 5.74) is -0.580. The highest BCUT2D eigenvalue weighted by Gasteiger charge is 2.33. The SMILES string of the molecule is CCN(CC(=O)Nc1cccc(SC)c1)CC(=O)Nc1ccccc1C(F)(F)F. The zero-order valence-corrected chi connectivity index (χ0v) is 16.9. The fourth-order valence-corrected chi connectivity index (χ4v) is 3.08. The number of carbonyl (C=O) groups excluding carboxylic acids is 2. The normalized spacial score (nSPS) is 11.4. The predicted molar refractivity (Wildman–Crippen MR) is 109 cm³/mol. The molecule has 0 fully saturated rings. The van der Waals surface area contributed by atoms with Gasteiger partial charge in [-0.25, -0.2) is 0 Å². The Balaban J connectivity index is 1.95. The van der Waals surface area contributed by atoms with Gasteiger partial charge in [-0.1, -0.05) is 25.1 Å². The van der Waals surface area contributed by atoms with Gasteiger partial charge in [-0.3, -0.25) is 14.5 Å². The number of para-hydroxylation sites is 1. The lowest BCUT2D eigenvalue weighted by atomic mass is 10.1. The Morgan fingerprint density at radius 3 is 2.28 bits per heavy atom. The minimum Gasteiger partial charge on any atom is -0.325 e. The number of hydrogen-bond acceptors (Lipinski definition) is 4. The fourth-order valence-electron chi connectivity index (χ4n) is 2.62. The highest BCUT2D eigenvalue weighted by molar-refractivity contribution is 7.98. The smallest absolute Gasteiger partial charge is 0.325 e. The van der Waals surface area contributed by atoms with Gasteiger partial charge in [-0.05, 0) is 43.1 Å². The van der Waals surface area contributed by atoms with Gasteiger partial charge < -0.3 is 10.6 Å². The summed E-state index contributed by atoms with van der Waals surface area (Å²) in [7, 11) is 0. The Bertz CT molecular complexity index is 859. The third-order valence-electron chi connectivity index (χ3n) is 4.04. The van der Waals surface area contributed by atoms with E-state index in [9.17, 15) is 22.8 Å². The van der Waals surface area contributed by atoms with E-state index >= 15 is 0 Å². The van der Waals surface area contributed by atoms with E-state index in [0.717, 1.165) is 11.0 Å². The number of likely N-dealkylation sites (N-methyl/N-ethyl adjacent to an activating group) is 1. The maximum atomic E-state index is 13.0. The van der Waals surface area contributed by atoms with E-state index in [1.807, 2.05) is 24.5 Å². The van der Waals surface area contributed by atoms with Crippen molar-refractivity contribution >= 4 is 35.0 Å². The average molecular weight is 425 g/mol. The van der Waals surface area contributed by atoms with Crippen molar-refractivity contribution in [3.63, 3.8) is 0 Å². The summed E-state index contributed by atoms with van der Waals surface area (Å²) in [4.78, 5) is 27.0. The van der Waals surface area contributed by atoms with Gasteiger partial charge in [0.05, 0.1) is 24.3 Å². The summed E-state index contributed by atoms with van der Waals surface area (Å²) in [6.07, 6.45) is -2.64. The van der Waals surface area contributed by atoms with Gasteiger partial charge in [0.1, 0.15) is 0 Å². The third-order valence-corrected chi connectivity index (χ3v) is 4.77. The summed E-state index contributed by atoms with van der Waals surface area (Å²) in [5.74, 6) is -0.936. The second-order valence-corrected chi connectivity index (χ2v) is 7.05. The first-order chi connectivity index (χ1) is 13.7. The number of halogens is 3. The number of rotatable bonds is 8. The highest BCUT2D eigenvalue weighted by atomic mass is 32.2. The summed E-state index contributed by atoms with van der Waals surface area (Å²) in [5, 5.41) is 5.04. The molecule has 2 aromatic rings. The number of anilines is 2. The van der Waals surface area contributed by atoms with Gasteiger partial charge in [-0.2, -0.15) is 13.2 Å². The fraction of sp³-hybridized carbons (Fsp3) is 0.300. The molecule has 0 spiro atoms. The van der Waals surface area contributed by atoms with Crippen LogP contribution in [0.25, 0.3) is 0 Å². The molecule has 29 heavy (non-hydrogen) atoms. The second kappa shape index (κ2) is 10.3. The number of hydrogen-bond donors (Lipinski definition) is 2. The predicted octanol–water partition coefficient (Wildman–Crippen LogP) is 4.33. The maximum Gasteiger partial charge on any atom is 0.418 e. The van der Waals surface area contributed by atoms with Crippen LogP contribution in [0.3, 0.4) is 0 Å². The number of amides is 2.